The topological polar surface area (TPSA) is 49.3 Å². The van der Waals surface area contributed by atoms with Gasteiger partial charge in [0.05, 0.1) is 11.6 Å². The Balaban J connectivity index is 1.52. The predicted molar refractivity (Wildman–Crippen MR) is 112 cm³/mol. The van der Waals surface area contributed by atoms with E-state index in [9.17, 15) is 4.79 Å². The number of fused-ring (bicyclic) bond motifs is 3. The summed E-state index contributed by atoms with van der Waals surface area (Å²) < 4.78 is 0. The van der Waals surface area contributed by atoms with Crippen molar-refractivity contribution in [3.63, 3.8) is 0 Å². The largest absolute Gasteiger partial charge is 0.478 e. The molecule has 3 nitrogen and oxygen atoms in total. The molecule has 0 aromatic heterocycles. The third-order valence-corrected chi connectivity index (χ3v) is 5.99. The average Bonchev–Trinajstić information content (AvgIpc) is 3.24. The van der Waals surface area contributed by atoms with Gasteiger partial charge in [-0.2, -0.15) is 0 Å². The third-order valence-electron chi connectivity index (χ3n) is 5.99. The van der Waals surface area contributed by atoms with E-state index < -0.39 is 5.97 Å². The molecule has 0 fully saturated rings. The zero-order valence-electron chi connectivity index (χ0n) is 15.4. The van der Waals surface area contributed by atoms with E-state index in [1.54, 1.807) is 12.1 Å². The van der Waals surface area contributed by atoms with Gasteiger partial charge in [-0.3, -0.25) is 0 Å². The van der Waals surface area contributed by atoms with Crippen molar-refractivity contribution in [2.45, 2.75) is 18.4 Å². The molecular formula is C25H21NO2. The number of hydrogen-bond acceptors (Lipinski definition) is 2. The van der Waals surface area contributed by atoms with E-state index in [4.69, 9.17) is 5.11 Å². The van der Waals surface area contributed by atoms with Crippen LogP contribution in [0.25, 0.3) is 11.1 Å². The van der Waals surface area contributed by atoms with Crippen molar-refractivity contribution in [2.24, 2.45) is 5.92 Å². The van der Waals surface area contributed by atoms with Crippen molar-refractivity contribution in [3.8, 4) is 11.1 Å². The lowest BCUT2D eigenvalue weighted by atomic mass is 9.76. The number of benzene rings is 3. The zero-order chi connectivity index (χ0) is 19.1. The molecule has 0 spiro atoms. The van der Waals surface area contributed by atoms with E-state index in [1.165, 1.54) is 22.4 Å². The molecule has 0 saturated carbocycles. The minimum absolute atomic E-state index is 0.179. The van der Waals surface area contributed by atoms with E-state index in [1.807, 2.05) is 18.2 Å². The van der Waals surface area contributed by atoms with Gasteiger partial charge in [-0.25, -0.2) is 4.79 Å². The molecule has 0 radical (unpaired) electrons. The minimum Gasteiger partial charge on any atom is -0.478 e. The van der Waals surface area contributed by atoms with Crippen molar-refractivity contribution in [3.05, 3.63) is 102 Å². The van der Waals surface area contributed by atoms with E-state index in [0.29, 0.717) is 17.4 Å². The number of carbonyl (C=O) groups is 1. The van der Waals surface area contributed by atoms with Gasteiger partial charge in [0, 0.05) is 11.6 Å². The molecule has 1 heterocycles. The Hall–Kier alpha value is -3.33. The van der Waals surface area contributed by atoms with Crippen LogP contribution in [-0.2, 0) is 0 Å². The number of carboxylic acids is 1. The SMILES string of the molecule is O=C(O)c1ccc([C@@H]2Nc3ccc(-c4ccccc4)cc3[C@@H]3C=CC[C@H]32)cc1. The Morgan fingerprint density at radius 1 is 0.929 bits per heavy atom. The first-order valence-electron chi connectivity index (χ1n) is 9.66. The highest BCUT2D eigenvalue weighted by molar-refractivity contribution is 5.87. The summed E-state index contributed by atoms with van der Waals surface area (Å²) in [6, 6.07) is 24.6. The summed E-state index contributed by atoms with van der Waals surface area (Å²) in [5.74, 6) is -0.0689. The maximum atomic E-state index is 11.2. The second-order valence-corrected chi connectivity index (χ2v) is 7.57. The van der Waals surface area contributed by atoms with Gasteiger partial charge in [-0.15, -0.1) is 0 Å². The summed E-state index contributed by atoms with van der Waals surface area (Å²) in [4.78, 5) is 11.2. The Bertz CT molecular complexity index is 1050. The smallest absolute Gasteiger partial charge is 0.335 e. The molecule has 5 rings (SSSR count). The molecule has 0 saturated heterocycles. The number of hydrogen-bond donors (Lipinski definition) is 2. The molecule has 3 heteroatoms. The van der Waals surface area contributed by atoms with Crippen LogP contribution >= 0.6 is 0 Å². The van der Waals surface area contributed by atoms with Gasteiger partial charge in [-0.05, 0) is 58.9 Å². The first-order valence-corrected chi connectivity index (χ1v) is 9.66. The zero-order valence-corrected chi connectivity index (χ0v) is 15.4. The summed E-state index contributed by atoms with van der Waals surface area (Å²) in [7, 11) is 0. The highest BCUT2D eigenvalue weighted by Gasteiger charge is 2.37. The summed E-state index contributed by atoms with van der Waals surface area (Å²) in [6.45, 7) is 0. The number of rotatable bonds is 3. The maximum Gasteiger partial charge on any atom is 0.335 e. The number of allylic oxidation sites excluding steroid dienone is 2. The van der Waals surface area contributed by atoms with E-state index in [0.717, 1.165) is 12.0 Å². The fourth-order valence-corrected chi connectivity index (χ4v) is 4.57. The summed E-state index contributed by atoms with van der Waals surface area (Å²) in [5.41, 5.74) is 6.45. The van der Waals surface area contributed by atoms with Crippen LogP contribution in [0.2, 0.25) is 0 Å². The second kappa shape index (κ2) is 6.68. The fourth-order valence-electron chi connectivity index (χ4n) is 4.57. The Morgan fingerprint density at radius 2 is 1.71 bits per heavy atom. The summed E-state index contributed by atoms with van der Waals surface area (Å²) in [5, 5.41) is 12.9. The Kier molecular flexibility index (Phi) is 4.01. The Labute approximate surface area is 164 Å². The minimum atomic E-state index is -0.887. The summed E-state index contributed by atoms with van der Waals surface area (Å²) >= 11 is 0. The molecule has 3 aromatic rings. The maximum absolute atomic E-state index is 11.2. The van der Waals surface area contributed by atoms with Gasteiger partial charge in [0.25, 0.3) is 0 Å². The normalized spacial score (nSPS) is 22.2. The monoisotopic (exact) mass is 367 g/mol. The standard InChI is InChI=1S/C25H21NO2/c27-25(28)18-11-9-17(10-12-18)24-21-8-4-7-20(21)22-15-19(13-14-23(22)26-24)16-5-2-1-3-6-16/h1-7,9-15,20-21,24,26H,8H2,(H,27,28)/t20-,21-,24+/m1/s1. The highest BCUT2D eigenvalue weighted by Crippen LogP contribution is 2.50. The predicted octanol–water partition coefficient (Wildman–Crippen LogP) is 5.88. The van der Waals surface area contributed by atoms with E-state index in [2.05, 4.69) is 59.9 Å². The van der Waals surface area contributed by atoms with Crippen LogP contribution < -0.4 is 5.32 Å². The molecule has 3 aromatic carbocycles. The lowest BCUT2D eigenvalue weighted by molar-refractivity contribution is 0.0697. The molecule has 0 bridgehead atoms. The van der Waals surface area contributed by atoms with Gasteiger partial charge >= 0.3 is 5.97 Å². The van der Waals surface area contributed by atoms with Gasteiger partial charge in [-0.1, -0.05) is 60.7 Å². The van der Waals surface area contributed by atoms with Gasteiger partial charge in [0.15, 0.2) is 0 Å². The van der Waals surface area contributed by atoms with Crippen LogP contribution in [-0.4, -0.2) is 11.1 Å². The van der Waals surface area contributed by atoms with Gasteiger partial charge < -0.3 is 10.4 Å². The molecule has 28 heavy (non-hydrogen) atoms. The average molecular weight is 367 g/mol. The molecule has 0 amide bonds. The third kappa shape index (κ3) is 2.80. The van der Waals surface area contributed by atoms with E-state index >= 15 is 0 Å². The van der Waals surface area contributed by atoms with Crippen molar-refractivity contribution >= 4 is 11.7 Å². The highest BCUT2D eigenvalue weighted by atomic mass is 16.4. The lowest BCUT2D eigenvalue weighted by Gasteiger charge is -2.38. The molecular weight excluding hydrogens is 346 g/mol. The second-order valence-electron chi connectivity index (χ2n) is 7.57. The van der Waals surface area contributed by atoms with Crippen LogP contribution in [0, 0.1) is 5.92 Å². The quantitative estimate of drug-likeness (QED) is 0.569. The number of aromatic carboxylic acids is 1. The molecule has 1 aliphatic carbocycles. The van der Waals surface area contributed by atoms with Crippen molar-refractivity contribution in [1.29, 1.82) is 0 Å². The van der Waals surface area contributed by atoms with Crippen molar-refractivity contribution < 1.29 is 9.90 Å². The molecule has 1 aliphatic heterocycles. The molecule has 0 unspecified atom stereocenters. The first kappa shape index (κ1) is 16.8. The van der Waals surface area contributed by atoms with Crippen LogP contribution in [0.5, 0.6) is 0 Å². The van der Waals surface area contributed by atoms with Gasteiger partial charge in [0.1, 0.15) is 0 Å². The van der Waals surface area contributed by atoms with Crippen molar-refractivity contribution in [2.75, 3.05) is 5.32 Å². The van der Waals surface area contributed by atoms with Gasteiger partial charge in [0.2, 0.25) is 0 Å². The van der Waals surface area contributed by atoms with Crippen LogP contribution in [0.3, 0.4) is 0 Å². The van der Waals surface area contributed by atoms with Crippen LogP contribution in [0.1, 0.15) is 39.9 Å². The van der Waals surface area contributed by atoms with Crippen molar-refractivity contribution in [1.82, 2.24) is 0 Å². The van der Waals surface area contributed by atoms with Crippen LogP contribution in [0.4, 0.5) is 5.69 Å². The number of anilines is 1. The molecule has 3 atom stereocenters. The molecule has 2 aliphatic rings. The number of carboxylic acid groups (broad SMARTS) is 1. The number of nitrogens with one attached hydrogen (secondary N) is 1. The molecule has 2 N–H and O–H groups in total. The first-order chi connectivity index (χ1) is 13.7. The summed E-state index contributed by atoms with van der Waals surface area (Å²) in [6.07, 6.45) is 5.63. The molecule has 138 valence electrons. The fraction of sp³-hybridized carbons (Fsp3) is 0.160. The van der Waals surface area contributed by atoms with E-state index in [-0.39, 0.29) is 6.04 Å². The Morgan fingerprint density at radius 3 is 2.46 bits per heavy atom. The lowest BCUT2D eigenvalue weighted by Crippen LogP contribution is -2.29. The van der Waals surface area contributed by atoms with Crippen LogP contribution in [0.15, 0.2) is 84.9 Å².